The Hall–Kier alpha value is -2.80. The number of H-pyrrole nitrogens is 1. The van der Waals surface area contributed by atoms with Gasteiger partial charge in [0.15, 0.2) is 5.65 Å². The Kier molecular flexibility index (Phi) is 3.70. The van der Waals surface area contributed by atoms with Gasteiger partial charge in [-0.15, -0.1) is 21.5 Å². The van der Waals surface area contributed by atoms with Crippen molar-refractivity contribution in [2.24, 2.45) is 5.10 Å². The molecule has 4 aromatic rings. The SMILES string of the molecule is CCc1ccc2[nH]c3nc(N/N=C\c4ccc(C)s4)nnc3c2c1. The molecule has 0 aliphatic carbocycles. The van der Waals surface area contributed by atoms with Gasteiger partial charge in [-0.3, -0.25) is 0 Å². The minimum absolute atomic E-state index is 0.370. The first-order valence-electron chi connectivity index (χ1n) is 7.73. The second-order valence-corrected chi connectivity index (χ2v) is 6.83. The fourth-order valence-corrected chi connectivity index (χ4v) is 3.31. The number of aryl methyl sites for hydroxylation is 2. The van der Waals surface area contributed by atoms with Crippen LogP contribution >= 0.6 is 11.3 Å². The van der Waals surface area contributed by atoms with Crippen molar-refractivity contribution < 1.29 is 0 Å². The lowest BCUT2D eigenvalue weighted by Gasteiger charge is -1.97. The largest absolute Gasteiger partial charge is 0.338 e. The van der Waals surface area contributed by atoms with Crippen molar-refractivity contribution >= 4 is 45.6 Å². The van der Waals surface area contributed by atoms with Gasteiger partial charge in [0.25, 0.3) is 5.95 Å². The molecule has 2 N–H and O–H groups in total. The minimum atomic E-state index is 0.370. The molecule has 3 heterocycles. The molecule has 0 aliphatic rings. The van der Waals surface area contributed by atoms with E-state index >= 15 is 0 Å². The summed E-state index contributed by atoms with van der Waals surface area (Å²) in [5.41, 5.74) is 6.60. The molecule has 0 unspecified atom stereocenters. The molecule has 0 saturated heterocycles. The first kappa shape index (κ1) is 14.8. The van der Waals surface area contributed by atoms with Crippen LogP contribution in [0.4, 0.5) is 5.95 Å². The number of thiophene rings is 1. The molecular weight excluding hydrogens is 320 g/mol. The highest BCUT2D eigenvalue weighted by atomic mass is 32.1. The lowest BCUT2D eigenvalue weighted by molar-refractivity contribution is 1.01. The Labute approximate surface area is 142 Å². The van der Waals surface area contributed by atoms with Gasteiger partial charge in [-0.05, 0) is 43.2 Å². The second-order valence-electron chi connectivity index (χ2n) is 5.51. The number of hydrogen-bond donors (Lipinski definition) is 2. The van der Waals surface area contributed by atoms with Gasteiger partial charge >= 0.3 is 0 Å². The average molecular weight is 336 g/mol. The number of fused-ring (bicyclic) bond motifs is 3. The third kappa shape index (κ3) is 2.74. The van der Waals surface area contributed by atoms with Crippen molar-refractivity contribution in [3.8, 4) is 0 Å². The van der Waals surface area contributed by atoms with Crippen molar-refractivity contribution in [2.75, 3.05) is 5.43 Å². The highest BCUT2D eigenvalue weighted by Crippen LogP contribution is 2.23. The van der Waals surface area contributed by atoms with E-state index in [-0.39, 0.29) is 0 Å². The first-order valence-corrected chi connectivity index (χ1v) is 8.55. The summed E-state index contributed by atoms with van der Waals surface area (Å²) in [4.78, 5) is 10.1. The van der Waals surface area contributed by atoms with E-state index in [0.29, 0.717) is 11.6 Å². The maximum atomic E-state index is 4.45. The van der Waals surface area contributed by atoms with Crippen LogP contribution in [0, 0.1) is 6.92 Å². The van der Waals surface area contributed by atoms with Crippen LogP contribution in [-0.2, 0) is 6.42 Å². The second kappa shape index (κ2) is 6.01. The molecule has 0 radical (unpaired) electrons. The lowest BCUT2D eigenvalue weighted by Crippen LogP contribution is -1.98. The van der Waals surface area contributed by atoms with Crippen LogP contribution in [-0.4, -0.2) is 26.4 Å². The fraction of sp³-hybridized carbons (Fsp3) is 0.176. The maximum Gasteiger partial charge on any atom is 0.265 e. The number of nitrogens with one attached hydrogen (secondary N) is 2. The molecule has 0 saturated carbocycles. The van der Waals surface area contributed by atoms with Crippen LogP contribution in [0.2, 0.25) is 0 Å². The van der Waals surface area contributed by atoms with Crippen molar-refractivity contribution in [3.63, 3.8) is 0 Å². The van der Waals surface area contributed by atoms with Gasteiger partial charge in [-0.2, -0.15) is 10.1 Å². The van der Waals surface area contributed by atoms with Crippen LogP contribution in [0.25, 0.3) is 22.1 Å². The van der Waals surface area contributed by atoms with Crippen molar-refractivity contribution in [1.29, 1.82) is 0 Å². The number of anilines is 1. The molecule has 0 aliphatic heterocycles. The molecule has 0 amide bonds. The predicted octanol–water partition coefficient (Wildman–Crippen LogP) is 3.88. The van der Waals surface area contributed by atoms with E-state index in [1.165, 1.54) is 10.4 Å². The number of aromatic nitrogens is 4. The molecule has 4 rings (SSSR count). The molecule has 0 spiro atoms. The van der Waals surface area contributed by atoms with Gasteiger partial charge in [-0.25, -0.2) is 5.43 Å². The van der Waals surface area contributed by atoms with Gasteiger partial charge < -0.3 is 4.98 Å². The van der Waals surface area contributed by atoms with E-state index in [4.69, 9.17) is 0 Å². The number of nitrogens with zero attached hydrogens (tertiary/aromatic N) is 4. The van der Waals surface area contributed by atoms with Crippen molar-refractivity contribution in [2.45, 2.75) is 20.3 Å². The highest BCUT2D eigenvalue weighted by Gasteiger charge is 2.09. The molecular formula is C17H16N6S. The Morgan fingerprint density at radius 2 is 2.17 bits per heavy atom. The number of aromatic amines is 1. The summed E-state index contributed by atoms with van der Waals surface area (Å²) >= 11 is 1.68. The van der Waals surface area contributed by atoms with Crippen LogP contribution in [0.15, 0.2) is 35.4 Å². The molecule has 1 aromatic carbocycles. The standard InChI is InChI=1S/C17H16N6S/c1-3-11-5-7-14-13(8-11)15-16(19-14)20-17(23-21-15)22-18-9-12-6-4-10(2)24-12/h4-9H,3H2,1-2H3,(H2,19,20,22,23)/b18-9-. The molecule has 0 bridgehead atoms. The van der Waals surface area contributed by atoms with Crippen molar-refractivity contribution in [3.05, 3.63) is 45.6 Å². The maximum absolute atomic E-state index is 4.45. The van der Waals surface area contributed by atoms with Crippen LogP contribution in [0.3, 0.4) is 0 Å². The first-order chi connectivity index (χ1) is 11.7. The third-order valence-electron chi connectivity index (χ3n) is 3.80. The zero-order valence-electron chi connectivity index (χ0n) is 13.4. The predicted molar refractivity (Wildman–Crippen MR) is 98.8 cm³/mol. The van der Waals surface area contributed by atoms with E-state index in [1.54, 1.807) is 17.6 Å². The normalized spacial score (nSPS) is 11.8. The zero-order valence-corrected chi connectivity index (χ0v) is 14.2. The number of hydrogen-bond acceptors (Lipinski definition) is 6. The highest BCUT2D eigenvalue weighted by molar-refractivity contribution is 7.13. The van der Waals surface area contributed by atoms with E-state index in [9.17, 15) is 0 Å². The number of benzene rings is 1. The minimum Gasteiger partial charge on any atom is -0.338 e. The smallest absolute Gasteiger partial charge is 0.265 e. The average Bonchev–Trinajstić information content (AvgIpc) is 3.17. The quantitative estimate of drug-likeness (QED) is 0.438. The summed E-state index contributed by atoms with van der Waals surface area (Å²) < 4.78 is 0. The number of rotatable bonds is 4. The summed E-state index contributed by atoms with van der Waals surface area (Å²) in [6, 6.07) is 10.4. The number of hydrazone groups is 1. The van der Waals surface area contributed by atoms with Gasteiger partial charge in [0.05, 0.1) is 6.21 Å². The Balaban J connectivity index is 1.63. The molecule has 0 atom stereocenters. The van der Waals surface area contributed by atoms with E-state index < -0.39 is 0 Å². The van der Waals surface area contributed by atoms with Gasteiger partial charge in [0.2, 0.25) is 0 Å². The monoisotopic (exact) mass is 336 g/mol. The van der Waals surface area contributed by atoms with Crippen molar-refractivity contribution in [1.82, 2.24) is 20.2 Å². The van der Waals surface area contributed by atoms with Crippen LogP contribution in [0.5, 0.6) is 0 Å². The molecule has 0 fully saturated rings. The topological polar surface area (TPSA) is 78.9 Å². The lowest BCUT2D eigenvalue weighted by atomic mass is 10.1. The van der Waals surface area contributed by atoms with E-state index in [0.717, 1.165) is 27.7 Å². The van der Waals surface area contributed by atoms with Gasteiger partial charge in [0, 0.05) is 20.7 Å². The Morgan fingerprint density at radius 3 is 2.96 bits per heavy atom. The van der Waals surface area contributed by atoms with Gasteiger partial charge in [-0.1, -0.05) is 13.0 Å². The summed E-state index contributed by atoms with van der Waals surface area (Å²) in [6.45, 7) is 4.20. The molecule has 120 valence electrons. The Bertz CT molecular complexity index is 1050. The molecule has 6 nitrogen and oxygen atoms in total. The summed E-state index contributed by atoms with van der Waals surface area (Å²) in [5, 5.41) is 13.6. The zero-order chi connectivity index (χ0) is 16.5. The molecule has 24 heavy (non-hydrogen) atoms. The van der Waals surface area contributed by atoms with E-state index in [2.05, 4.69) is 68.8 Å². The Morgan fingerprint density at radius 1 is 1.25 bits per heavy atom. The van der Waals surface area contributed by atoms with Crippen LogP contribution in [0.1, 0.15) is 22.2 Å². The summed E-state index contributed by atoms with van der Waals surface area (Å²) in [6.07, 6.45) is 2.74. The summed E-state index contributed by atoms with van der Waals surface area (Å²) in [7, 11) is 0. The van der Waals surface area contributed by atoms with Crippen LogP contribution < -0.4 is 5.43 Å². The van der Waals surface area contributed by atoms with E-state index in [1.807, 2.05) is 6.07 Å². The third-order valence-corrected chi connectivity index (χ3v) is 4.74. The fourth-order valence-electron chi connectivity index (χ4n) is 2.56. The molecule has 3 aromatic heterocycles. The molecule has 7 heteroatoms. The summed E-state index contributed by atoms with van der Waals surface area (Å²) in [5.74, 6) is 0.370. The van der Waals surface area contributed by atoms with Gasteiger partial charge in [0.1, 0.15) is 5.52 Å².